The van der Waals surface area contributed by atoms with Crippen LogP contribution in [0.2, 0.25) is 0 Å². The number of hydrogen-bond donors (Lipinski definition) is 1. The van der Waals surface area contributed by atoms with Gasteiger partial charge in [0.1, 0.15) is 6.33 Å². The zero-order valence-corrected chi connectivity index (χ0v) is 8.87. The van der Waals surface area contributed by atoms with Crippen LogP contribution >= 0.6 is 0 Å². The van der Waals surface area contributed by atoms with Crippen LogP contribution in [0.3, 0.4) is 0 Å². The minimum absolute atomic E-state index is 0.202. The molecule has 1 amide bonds. The van der Waals surface area contributed by atoms with E-state index in [2.05, 4.69) is 26.8 Å². The van der Waals surface area contributed by atoms with Gasteiger partial charge in [-0.25, -0.2) is 4.68 Å². The van der Waals surface area contributed by atoms with Crippen molar-refractivity contribution in [3.05, 3.63) is 36.2 Å². The van der Waals surface area contributed by atoms with Crippen LogP contribution in [0, 0.1) is 12.3 Å². The van der Waals surface area contributed by atoms with E-state index in [9.17, 15) is 4.79 Å². The third-order valence-corrected chi connectivity index (χ3v) is 2.07. The Morgan fingerprint density at radius 3 is 3.12 bits per heavy atom. The molecule has 0 bridgehead atoms. The van der Waals surface area contributed by atoms with E-state index in [1.165, 1.54) is 11.0 Å². The van der Waals surface area contributed by atoms with Gasteiger partial charge in [-0.1, -0.05) is 12.0 Å². The lowest BCUT2D eigenvalue weighted by Gasteiger charge is -2.04. The maximum absolute atomic E-state index is 11.7. The largest absolute Gasteiger partial charge is 0.341 e. The number of aromatic nitrogens is 4. The van der Waals surface area contributed by atoms with Crippen LogP contribution in [0.5, 0.6) is 0 Å². The fraction of sp³-hybridized carbons (Fsp3) is 0.0909. The van der Waals surface area contributed by atoms with E-state index in [0.717, 1.165) is 0 Å². The van der Waals surface area contributed by atoms with Gasteiger partial charge in [0.05, 0.1) is 12.2 Å². The number of nitrogens with one attached hydrogen (secondary N) is 1. The number of benzene rings is 1. The Hall–Kier alpha value is -2.68. The highest BCUT2D eigenvalue weighted by Gasteiger charge is 2.06. The van der Waals surface area contributed by atoms with Gasteiger partial charge >= 0.3 is 0 Å². The van der Waals surface area contributed by atoms with Gasteiger partial charge in [-0.2, -0.15) is 0 Å². The van der Waals surface area contributed by atoms with E-state index < -0.39 is 0 Å². The summed E-state index contributed by atoms with van der Waals surface area (Å²) >= 11 is 0. The van der Waals surface area contributed by atoms with E-state index >= 15 is 0 Å². The molecule has 0 atom stereocenters. The van der Waals surface area contributed by atoms with Crippen molar-refractivity contribution in [2.24, 2.45) is 0 Å². The molecule has 1 aromatic carbocycles. The summed E-state index contributed by atoms with van der Waals surface area (Å²) in [5.41, 5.74) is 1.22. The highest BCUT2D eigenvalue weighted by atomic mass is 16.1. The standard InChI is InChI=1S/C11H9N5O/c1-2-6-12-11(17)9-4-3-5-10(7-9)16-8-13-14-15-16/h1,3-5,7-8H,6H2,(H,12,17). The second kappa shape index (κ2) is 4.90. The molecule has 6 nitrogen and oxygen atoms in total. The van der Waals surface area contributed by atoms with Crippen molar-refractivity contribution in [1.82, 2.24) is 25.5 Å². The highest BCUT2D eigenvalue weighted by Crippen LogP contribution is 2.08. The van der Waals surface area contributed by atoms with Crippen molar-refractivity contribution >= 4 is 5.91 Å². The molecule has 0 radical (unpaired) electrons. The quantitative estimate of drug-likeness (QED) is 0.750. The first-order valence-corrected chi connectivity index (χ1v) is 4.86. The smallest absolute Gasteiger partial charge is 0.252 e. The van der Waals surface area contributed by atoms with Gasteiger partial charge in [0, 0.05) is 5.56 Å². The zero-order valence-electron chi connectivity index (χ0n) is 8.87. The first-order valence-electron chi connectivity index (χ1n) is 4.86. The van der Waals surface area contributed by atoms with Crippen LogP contribution in [0.25, 0.3) is 5.69 Å². The molecular weight excluding hydrogens is 218 g/mol. The van der Waals surface area contributed by atoms with E-state index in [1.807, 2.05) is 0 Å². The Kier molecular flexibility index (Phi) is 3.12. The molecule has 0 saturated carbocycles. The monoisotopic (exact) mass is 227 g/mol. The van der Waals surface area contributed by atoms with E-state index in [4.69, 9.17) is 6.42 Å². The van der Waals surface area contributed by atoms with Crippen LogP contribution in [-0.2, 0) is 0 Å². The molecular formula is C11H9N5O. The van der Waals surface area contributed by atoms with Crippen molar-refractivity contribution in [2.45, 2.75) is 0 Å². The number of carbonyl (C=O) groups excluding carboxylic acids is 1. The SMILES string of the molecule is C#CCNC(=O)c1cccc(-n2cnnn2)c1. The van der Waals surface area contributed by atoms with Crippen LogP contribution in [0.15, 0.2) is 30.6 Å². The average Bonchev–Trinajstić information content (AvgIpc) is 2.90. The van der Waals surface area contributed by atoms with Crippen molar-refractivity contribution in [1.29, 1.82) is 0 Å². The number of terminal acetylenes is 1. The average molecular weight is 227 g/mol. The fourth-order valence-electron chi connectivity index (χ4n) is 1.30. The minimum Gasteiger partial charge on any atom is -0.341 e. The molecule has 2 rings (SSSR count). The third kappa shape index (κ3) is 2.46. The van der Waals surface area contributed by atoms with Crippen LogP contribution in [0.1, 0.15) is 10.4 Å². The number of nitrogens with zero attached hydrogens (tertiary/aromatic N) is 4. The molecule has 6 heteroatoms. The summed E-state index contributed by atoms with van der Waals surface area (Å²) in [7, 11) is 0. The van der Waals surface area contributed by atoms with Crippen molar-refractivity contribution < 1.29 is 4.79 Å². The molecule has 1 aromatic heterocycles. The lowest BCUT2D eigenvalue weighted by molar-refractivity contribution is 0.0958. The highest BCUT2D eigenvalue weighted by molar-refractivity contribution is 5.94. The van der Waals surface area contributed by atoms with Gasteiger partial charge in [0.2, 0.25) is 0 Å². The third-order valence-electron chi connectivity index (χ3n) is 2.07. The van der Waals surface area contributed by atoms with Crippen LogP contribution in [0.4, 0.5) is 0 Å². The Morgan fingerprint density at radius 1 is 1.53 bits per heavy atom. The van der Waals surface area contributed by atoms with Crippen LogP contribution < -0.4 is 5.32 Å². The Morgan fingerprint density at radius 2 is 2.41 bits per heavy atom. The molecule has 0 fully saturated rings. The normalized spacial score (nSPS) is 9.59. The second-order valence-electron chi connectivity index (χ2n) is 3.19. The predicted octanol–water partition coefficient (Wildman–Crippen LogP) is 0.0253. The lowest BCUT2D eigenvalue weighted by Crippen LogP contribution is -2.23. The lowest BCUT2D eigenvalue weighted by atomic mass is 10.2. The topological polar surface area (TPSA) is 72.7 Å². The Bertz CT molecular complexity index is 555. The molecule has 0 saturated heterocycles. The van der Waals surface area contributed by atoms with Gasteiger partial charge < -0.3 is 5.32 Å². The summed E-state index contributed by atoms with van der Waals surface area (Å²) in [6.07, 6.45) is 6.52. The fourth-order valence-corrected chi connectivity index (χ4v) is 1.30. The minimum atomic E-state index is -0.224. The molecule has 0 aliphatic heterocycles. The first kappa shape index (κ1) is 10.8. The Balaban J connectivity index is 2.23. The summed E-state index contributed by atoms with van der Waals surface area (Å²) in [6, 6.07) is 6.93. The predicted molar refractivity (Wildman–Crippen MR) is 60.3 cm³/mol. The molecule has 0 aliphatic carbocycles. The van der Waals surface area contributed by atoms with Crippen molar-refractivity contribution in [3.8, 4) is 18.0 Å². The van der Waals surface area contributed by atoms with Gasteiger partial charge in [-0.3, -0.25) is 4.79 Å². The molecule has 17 heavy (non-hydrogen) atoms. The Labute approximate surface area is 97.6 Å². The number of carbonyl (C=O) groups is 1. The summed E-state index contributed by atoms with van der Waals surface area (Å²) < 4.78 is 1.47. The maximum atomic E-state index is 11.7. The van der Waals surface area contributed by atoms with Gasteiger partial charge in [-0.15, -0.1) is 11.5 Å². The van der Waals surface area contributed by atoms with E-state index in [-0.39, 0.29) is 12.5 Å². The molecule has 84 valence electrons. The maximum Gasteiger partial charge on any atom is 0.252 e. The summed E-state index contributed by atoms with van der Waals surface area (Å²) in [5.74, 6) is 2.12. The summed E-state index contributed by atoms with van der Waals surface area (Å²) in [4.78, 5) is 11.7. The summed E-state index contributed by atoms with van der Waals surface area (Å²) in [6.45, 7) is 0.202. The molecule has 1 heterocycles. The molecule has 0 spiro atoms. The second-order valence-corrected chi connectivity index (χ2v) is 3.19. The van der Waals surface area contributed by atoms with Crippen molar-refractivity contribution in [2.75, 3.05) is 6.54 Å². The number of hydrogen-bond acceptors (Lipinski definition) is 4. The number of amides is 1. The van der Waals surface area contributed by atoms with Gasteiger partial charge in [0.25, 0.3) is 5.91 Å². The van der Waals surface area contributed by atoms with Gasteiger partial charge in [-0.05, 0) is 28.6 Å². The van der Waals surface area contributed by atoms with Crippen molar-refractivity contribution in [3.63, 3.8) is 0 Å². The number of tetrazole rings is 1. The number of rotatable bonds is 3. The molecule has 1 N–H and O–H groups in total. The summed E-state index contributed by atoms with van der Waals surface area (Å²) in [5, 5.41) is 13.4. The first-order chi connectivity index (χ1) is 8.31. The molecule has 2 aromatic rings. The van der Waals surface area contributed by atoms with Crippen LogP contribution in [-0.4, -0.2) is 32.7 Å². The zero-order chi connectivity index (χ0) is 12.1. The van der Waals surface area contributed by atoms with Gasteiger partial charge in [0.15, 0.2) is 0 Å². The molecule has 0 unspecified atom stereocenters. The van der Waals surface area contributed by atoms with E-state index in [0.29, 0.717) is 11.3 Å². The van der Waals surface area contributed by atoms with E-state index in [1.54, 1.807) is 24.3 Å². The molecule has 0 aliphatic rings.